The Bertz CT molecular complexity index is 730. The van der Waals surface area contributed by atoms with Gasteiger partial charge in [0.15, 0.2) is 0 Å². The van der Waals surface area contributed by atoms with Crippen LogP contribution >= 0.6 is 0 Å². The van der Waals surface area contributed by atoms with Crippen LogP contribution < -0.4 is 9.46 Å². The molecule has 0 saturated heterocycles. The Morgan fingerprint density at radius 3 is 2.33 bits per heavy atom. The molecular formula is C14H13F2NO3S. The van der Waals surface area contributed by atoms with Crippen LogP contribution in [-0.2, 0) is 16.6 Å². The van der Waals surface area contributed by atoms with Gasteiger partial charge in [0.1, 0.15) is 17.4 Å². The summed E-state index contributed by atoms with van der Waals surface area (Å²) >= 11 is 0. The maximum atomic E-state index is 13.4. The molecule has 0 spiro atoms. The number of benzene rings is 2. The van der Waals surface area contributed by atoms with Gasteiger partial charge < -0.3 is 4.74 Å². The molecule has 2 aromatic carbocycles. The third kappa shape index (κ3) is 3.77. The van der Waals surface area contributed by atoms with Crippen molar-refractivity contribution in [3.05, 3.63) is 59.7 Å². The van der Waals surface area contributed by atoms with Gasteiger partial charge in [0.05, 0.1) is 12.0 Å². The van der Waals surface area contributed by atoms with E-state index in [9.17, 15) is 17.2 Å². The second kappa shape index (κ2) is 6.19. The van der Waals surface area contributed by atoms with Gasteiger partial charge in [0, 0.05) is 18.2 Å². The number of ether oxygens (including phenoxy) is 1. The summed E-state index contributed by atoms with van der Waals surface area (Å²) in [7, 11) is -2.31. The Hall–Kier alpha value is -1.99. The maximum absolute atomic E-state index is 13.4. The number of sulfonamides is 1. The van der Waals surface area contributed by atoms with Crippen LogP contribution in [0.5, 0.6) is 5.75 Å². The van der Waals surface area contributed by atoms with Gasteiger partial charge in [0.2, 0.25) is 10.0 Å². The molecule has 2 aromatic rings. The predicted molar refractivity (Wildman–Crippen MR) is 73.4 cm³/mol. The molecule has 2 rings (SSSR count). The fraction of sp³-hybridized carbons (Fsp3) is 0.143. The number of nitrogens with one attached hydrogen (secondary N) is 1. The first-order valence-corrected chi connectivity index (χ1v) is 7.48. The van der Waals surface area contributed by atoms with Crippen molar-refractivity contribution in [1.29, 1.82) is 0 Å². The maximum Gasteiger partial charge on any atom is 0.240 e. The topological polar surface area (TPSA) is 55.4 Å². The number of halogens is 2. The molecule has 0 atom stereocenters. The van der Waals surface area contributed by atoms with E-state index in [0.29, 0.717) is 11.8 Å². The largest absolute Gasteiger partial charge is 0.497 e. The fourth-order valence-corrected chi connectivity index (χ4v) is 2.68. The van der Waals surface area contributed by atoms with Crippen LogP contribution in [0.3, 0.4) is 0 Å². The zero-order chi connectivity index (χ0) is 15.5. The van der Waals surface area contributed by atoms with Crippen molar-refractivity contribution in [1.82, 2.24) is 4.72 Å². The van der Waals surface area contributed by atoms with Gasteiger partial charge in [-0.25, -0.2) is 21.9 Å². The summed E-state index contributed by atoms with van der Waals surface area (Å²) in [6.07, 6.45) is 0. The SMILES string of the molecule is COc1ccc(S(=O)(=O)NCc2ccc(F)cc2F)cc1. The molecule has 0 aliphatic heterocycles. The number of rotatable bonds is 5. The Labute approximate surface area is 121 Å². The van der Waals surface area contributed by atoms with Gasteiger partial charge in [0.25, 0.3) is 0 Å². The van der Waals surface area contributed by atoms with Crippen LogP contribution in [0.15, 0.2) is 47.4 Å². The Kier molecular flexibility index (Phi) is 4.54. The minimum Gasteiger partial charge on any atom is -0.497 e. The molecule has 0 aliphatic carbocycles. The van der Waals surface area contributed by atoms with Gasteiger partial charge >= 0.3 is 0 Å². The van der Waals surface area contributed by atoms with E-state index < -0.39 is 21.7 Å². The summed E-state index contributed by atoms with van der Waals surface area (Å²) in [5, 5.41) is 0. The molecule has 7 heteroatoms. The first-order chi connectivity index (χ1) is 9.92. The van der Waals surface area contributed by atoms with Gasteiger partial charge in [-0.3, -0.25) is 0 Å². The monoisotopic (exact) mass is 313 g/mol. The zero-order valence-corrected chi connectivity index (χ0v) is 12.0. The summed E-state index contributed by atoms with van der Waals surface area (Å²) in [4.78, 5) is 0.0332. The molecule has 0 saturated carbocycles. The van der Waals surface area contributed by atoms with E-state index in [2.05, 4.69) is 4.72 Å². The Morgan fingerprint density at radius 2 is 1.76 bits per heavy atom. The van der Waals surface area contributed by atoms with Crippen molar-refractivity contribution in [2.75, 3.05) is 7.11 Å². The molecule has 0 aromatic heterocycles. The van der Waals surface area contributed by atoms with Crippen LogP contribution in [0.2, 0.25) is 0 Å². The molecule has 0 aliphatic rings. The molecule has 112 valence electrons. The molecule has 21 heavy (non-hydrogen) atoms. The van der Waals surface area contributed by atoms with Crippen molar-refractivity contribution in [2.45, 2.75) is 11.4 Å². The van der Waals surface area contributed by atoms with E-state index in [4.69, 9.17) is 4.74 Å². The third-order valence-corrected chi connectivity index (χ3v) is 4.25. The lowest BCUT2D eigenvalue weighted by atomic mass is 10.2. The lowest BCUT2D eigenvalue weighted by Crippen LogP contribution is -2.23. The third-order valence-electron chi connectivity index (χ3n) is 2.84. The van der Waals surface area contributed by atoms with Crippen molar-refractivity contribution >= 4 is 10.0 Å². The van der Waals surface area contributed by atoms with Crippen LogP contribution in [0.1, 0.15) is 5.56 Å². The highest BCUT2D eigenvalue weighted by Gasteiger charge is 2.15. The quantitative estimate of drug-likeness (QED) is 0.922. The Balaban J connectivity index is 2.13. The van der Waals surface area contributed by atoms with E-state index in [1.165, 1.54) is 37.4 Å². The smallest absolute Gasteiger partial charge is 0.240 e. The van der Waals surface area contributed by atoms with E-state index in [1.807, 2.05) is 0 Å². The predicted octanol–water partition coefficient (Wildman–Crippen LogP) is 2.45. The van der Waals surface area contributed by atoms with Crippen LogP contribution in [0.25, 0.3) is 0 Å². The van der Waals surface area contributed by atoms with Gasteiger partial charge in [-0.05, 0) is 30.3 Å². The number of hydrogen-bond donors (Lipinski definition) is 1. The molecule has 0 fully saturated rings. The van der Waals surface area contributed by atoms with E-state index in [1.54, 1.807) is 0 Å². The molecule has 0 unspecified atom stereocenters. The van der Waals surface area contributed by atoms with E-state index in [-0.39, 0.29) is 17.0 Å². The first-order valence-electron chi connectivity index (χ1n) is 6.00. The van der Waals surface area contributed by atoms with E-state index >= 15 is 0 Å². The number of hydrogen-bond acceptors (Lipinski definition) is 3. The van der Waals surface area contributed by atoms with Gasteiger partial charge in [-0.2, -0.15) is 0 Å². The average molecular weight is 313 g/mol. The van der Waals surface area contributed by atoms with Crippen LogP contribution in [0.4, 0.5) is 8.78 Å². The van der Waals surface area contributed by atoms with Crippen molar-refractivity contribution in [3.8, 4) is 5.75 Å². The van der Waals surface area contributed by atoms with Crippen molar-refractivity contribution in [3.63, 3.8) is 0 Å². The van der Waals surface area contributed by atoms with Crippen LogP contribution in [0, 0.1) is 11.6 Å². The summed E-state index contributed by atoms with van der Waals surface area (Å²) in [5.74, 6) is -0.986. The minimum absolute atomic E-state index is 0.0332. The molecule has 0 radical (unpaired) electrons. The molecule has 0 bridgehead atoms. The highest BCUT2D eigenvalue weighted by Crippen LogP contribution is 2.16. The molecule has 1 N–H and O–H groups in total. The highest BCUT2D eigenvalue weighted by atomic mass is 32.2. The summed E-state index contributed by atoms with van der Waals surface area (Å²) in [6.45, 7) is -0.263. The average Bonchev–Trinajstić information content (AvgIpc) is 2.46. The number of methoxy groups -OCH3 is 1. The second-order valence-corrected chi connectivity index (χ2v) is 6.00. The summed E-state index contributed by atoms with van der Waals surface area (Å²) in [5.41, 5.74) is 0.0634. The van der Waals surface area contributed by atoms with Gasteiger partial charge in [-0.1, -0.05) is 6.07 Å². The Morgan fingerprint density at radius 1 is 1.10 bits per heavy atom. The van der Waals surface area contributed by atoms with Crippen molar-refractivity contribution in [2.24, 2.45) is 0 Å². The lowest BCUT2D eigenvalue weighted by molar-refractivity contribution is 0.414. The fourth-order valence-electron chi connectivity index (χ4n) is 1.68. The minimum atomic E-state index is -3.78. The zero-order valence-electron chi connectivity index (χ0n) is 11.1. The van der Waals surface area contributed by atoms with Crippen LogP contribution in [-0.4, -0.2) is 15.5 Å². The lowest BCUT2D eigenvalue weighted by Gasteiger charge is -2.08. The summed E-state index contributed by atoms with van der Waals surface area (Å²) < 4.78 is 57.5. The molecule has 0 amide bonds. The van der Waals surface area contributed by atoms with Gasteiger partial charge in [-0.15, -0.1) is 0 Å². The molecule has 0 heterocycles. The van der Waals surface area contributed by atoms with E-state index in [0.717, 1.165) is 6.07 Å². The second-order valence-electron chi connectivity index (χ2n) is 4.24. The molecular weight excluding hydrogens is 300 g/mol. The standard InChI is InChI=1S/C14H13F2NO3S/c1-20-12-4-6-13(7-5-12)21(18,19)17-9-10-2-3-11(15)8-14(10)16/h2-8,17H,9H2,1H3. The summed E-state index contributed by atoms with van der Waals surface area (Å²) in [6, 6.07) is 8.74. The van der Waals surface area contributed by atoms with Crippen molar-refractivity contribution < 1.29 is 21.9 Å². The normalized spacial score (nSPS) is 11.4. The highest BCUT2D eigenvalue weighted by molar-refractivity contribution is 7.89. The first kappa shape index (κ1) is 15.4. The molecule has 4 nitrogen and oxygen atoms in total.